The number of aromatic amines is 2. The Bertz CT molecular complexity index is 5570. The van der Waals surface area contributed by atoms with Crippen LogP contribution in [0.4, 0.5) is 17.3 Å². The van der Waals surface area contributed by atoms with Gasteiger partial charge in [0.05, 0.1) is 176 Å². The van der Waals surface area contributed by atoms with Crippen molar-refractivity contribution in [2.75, 3.05) is 194 Å². The third-order valence-electron chi connectivity index (χ3n) is 27.3. The number of para-hydroxylation sites is 1. The van der Waals surface area contributed by atoms with Crippen molar-refractivity contribution in [2.24, 2.45) is 11.3 Å². The van der Waals surface area contributed by atoms with E-state index in [2.05, 4.69) is 127 Å². The number of benzene rings is 3. The van der Waals surface area contributed by atoms with Gasteiger partial charge in [-0.3, -0.25) is 38.8 Å². The highest BCUT2D eigenvalue weighted by Gasteiger charge is 2.79. The minimum Gasteiger partial charge on any atom is -0.496 e. The van der Waals surface area contributed by atoms with Crippen molar-refractivity contribution in [3.63, 3.8) is 0 Å². The predicted molar refractivity (Wildman–Crippen MR) is 522 cm³/mol. The second kappa shape index (κ2) is 47.8. The predicted octanol–water partition coefficient (Wildman–Crippen LogP) is 5.74. The number of hydrogen-bond donors (Lipinski definition) is 11. The van der Waals surface area contributed by atoms with Gasteiger partial charge in [0.1, 0.15) is 29.0 Å². The summed E-state index contributed by atoms with van der Waals surface area (Å²) in [5, 5.41) is 71.3. The van der Waals surface area contributed by atoms with Gasteiger partial charge in [-0.05, 0) is 144 Å². The molecule has 5 aliphatic heterocycles. The van der Waals surface area contributed by atoms with Gasteiger partial charge < -0.3 is 114 Å². The van der Waals surface area contributed by atoms with E-state index in [4.69, 9.17) is 62.0 Å². The number of carbonyl (C=O) groups excluding carboxylic acids is 4. The molecule has 8 aromatic rings. The fraction of sp³-hybridized carbons (Fsp3) is 0.594. The highest BCUT2D eigenvalue weighted by Crippen LogP contribution is 2.68. The van der Waals surface area contributed by atoms with Crippen molar-refractivity contribution < 1.29 is 101 Å². The molecule has 14 rings (SSSR count). The molecule has 0 radical (unpaired) electrons. The summed E-state index contributed by atoms with van der Waals surface area (Å²) < 4.78 is 72.3. The van der Waals surface area contributed by atoms with E-state index >= 15 is 9.59 Å². The molecule has 11 atom stereocenters. The van der Waals surface area contributed by atoms with Gasteiger partial charge in [0.2, 0.25) is 11.9 Å². The molecule has 43 heteroatoms. The Morgan fingerprint density at radius 1 is 0.734 bits per heavy atom. The van der Waals surface area contributed by atoms with Gasteiger partial charge >= 0.3 is 11.9 Å². The topological polar surface area (TPSA) is 505 Å². The third kappa shape index (κ3) is 24.9. The number of nitrogen functional groups attached to an aromatic ring is 1. The lowest BCUT2D eigenvalue weighted by Crippen LogP contribution is -2.81. The Balaban J connectivity index is 0.419. The number of nitrogens with two attached hydrogens (primary N) is 1. The van der Waals surface area contributed by atoms with Gasteiger partial charge in [0.15, 0.2) is 38.6 Å². The van der Waals surface area contributed by atoms with E-state index in [-0.39, 0.29) is 80.3 Å². The average molecular weight is 1980 g/mol. The number of hydrogen-bond acceptors (Lipinski definition) is 34. The Kier molecular flexibility index (Phi) is 36.1. The van der Waals surface area contributed by atoms with Crippen molar-refractivity contribution >= 4 is 97.4 Å². The second-order valence-corrected chi connectivity index (χ2v) is 48.0. The molecule has 2 bridgehead atoms. The lowest BCUT2D eigenvalue weighted by atomic mass is 9.47. The minimum atomic E-state index is -2.34. The van der Waals surface area contributed by atoms with Crippen LogP contribution in [0.25, 0.3) is 22.1 Å². The quantitative estimate of drug-likeness (QED) is 0.00540. The van der Waals surface area contributed by atoms with Crippen molar-refractivity contribution in [3.05, 3.63) is 153 Å². The molecule has 3 fully saturated rings. The molecule has 1 spiro atoms. The lowest BCUT2D eigenvalue weighted by molar-refractivity contribution is -0.203. The lowest BCUT2D eigenvalue weighted by Gasteiger charge is -2.63. The number of ether oxygens (including phenoxy) is 11. The Morgan fingerprint density at radius 2 is 1.41 bits per heavy atom. The molecule has 139 heavy (non-hydrogen) atoms. The van der Waals surface area contributed by atoms with Gasteiger partial charge in [-0.1, -0.05) is 61.2 Å². The maximum Gasteiger partial charge on any atom is 0.326 e. The summed E-state index contributed by atoms with van der Waals surface area (Å²) in [6, 6.07) is 16.8. The largest absolute Gasteiger partial charge is 0.496 e. The minimum absolute atomic E-state index is 0.0442. The molecule has 756 valence electrons. The fourth-order valence-electron chi connectivity index (χ4n) is 21.1. The molecule has 3 aromatic carbocycles. The van der Waals surface area contributed by atoms with Gasteiger partial charge in [-0.2, -0.15) is 4.98 Å². The van der Waals surface area contributed by atoms with E-state index in [1.54, 1.807) is 48.1 Å². The number of aromatic nitrogens is 10. The molecule has 1 aliphatic carbocycles. The van der Waals surface area contributed by atoms with Crippen LogP contribution in [-0.4, -0.2) is 340 Å². The Labute approximate surface area is 814 Å². The zero-order valence-corrected chi connectivity index (χ0v) is 83.9. The number of anilines is 3. The fourth-order valence-corrected chi connectivity index (χ4v) is 31.5. The standard InChI is InChI=1S/C96H136N18O22SSi2/c1-10-92(123)52-64-53-95(89(122)126-5,80-71(24-30-112(58-64)62-92)70-16-12-13-17-74(70)105-80)73-50-72-76(51-77(73)125-4)111(3)86-94(72)26-31-113-29-14-25-93(11-2,85(94)113)87(120)96(86,124)88(121)99-27-15-49-138(6,7)136-139(8,9)63-137-91-102-54-65(55-103-91)60-134-47-45-132-38-36-128-34-32-114-59-69(109-110-114)61-135-48-46-133-44-43-131-42-41-130-40-39-129-37-35-127-33-28-98-78(115)23-22-75(84(118)119)106-82(116)66-18-20-67(21-19-66)100-56-68-57-101-81-79(104-68)83(117)108-90(97)107-81/h12-14,16-21,25,50-51,54-55,57,59,64,75,85-87,100,105,120,123-124H,10-11,15,22-24,26-49,52-53,56,58,60-63H2,1-9H3,(H,98,115)(H,99,121)(H,106,116)(H,118,119)(H3,97,101,107,108,117)/t64-,75+,85+,86-,87-,92+,93-,94-,95+,96+/m1/s1. The molecule has 2 saturated heterocycles. The van der Waals surface area contributed by atoms with Gasteiger partial charge in [0, 0.05) is 138 Å². The molecular formula is C96H136N18O22SSi2. The summed E-state index contributed by atoms with van der Waals surface area (Å²) in [7, 11) is 0.352. The number of H-pyrrole nitrogens is 2. The number of carboxylic acid groups (broad SMARTS) is 1. The number of nitrogens with zero attached hydrogens (tertiary/aromatic N) is 11. The summed E-state index contributed by atoms with van der Waals surface area (Å²) in [6.07, 6.45) is 12.8. The first-order valence-electron chi connectivity index (χ1n) is 48.1. The van der Waals surface area contributed by atoms with Crippen LogP contribution in [0.3, 0.4) is 0 Å². The van der Waals surface area contributed by atoms with E-state index < -0.39 is 97.5 Å². The summed E-state index contributed by atoms with van der Waals surface area (Å²) >= 11 is 1.57. The van der Waals surface area contributed by atoms with Crippen LogP contribution >= 0.6 is 11.8 Å². The Hall–Kier alpha value is -9.89. The maximum atomic E-state index is 15.7. The van der Waals surface area contributed by atoms with Crippen LogP contribution < -0.4 is 42.2 Å². The number of fused-ring (bicyclic) bond motifs is 7. The average Bonchev–Trinajstić information content (AvgIpc) is 1.49. The SMILES string of the molecule is CC[C@]1(O)C[C@H]2CN(CCc3c([nH]c4ccccc34)[C@@](C(=O)OC)(c3cc4c(cc3OC)N(C)[C@H]3[C@@](O)(C(=O)NCCC[Si](C)(C)O[Si](C)(C)CSc5ncc(COCCOCCOCCn6cc(COCCOCCOCCOCCOCCOCCNC(=O)CC[C@H](NC(=O)c7ccc(NCc8cnc9nc(N)[nH]c(=O)c9n8)cc7)C(=O)O)nn6)cn5)[C@H](O)[C@]5(CC)C=CCN6CC[C@]43[C@@H]65)C2)C1. The number of aliphatic carboxylic acids is 1. The summed E-state index contributed by atoms with van der Waals surface area (Å²) in [4.78, 5) is 115. The van der Waals surface area contributed by atoms with Crippen LogP contribution in [0.1, 0.15) is 115 Å². The Morgan fingerprint density at radius 3 is 2.09 bits per heavy atom. The summed E-state index contributed by atoms with van der Waals surface area (Å²) in [5.74, 6) is -3.10. The number of thioether (sulfide) groups is 1. The van der Waals surface area contributed by atoms with Crippen LogP contribution in [0, 0.1) is 11.3 Å². The summed E-state index contributed by atoms with van der Waals surface area (Å²) in [6.45, 7) is 23.8. The molecule has 12 N–H and O–H groups in total. The molecular weight excluding hydrogens is 1850 g/mol. The van der Waals surface area contributed by atoms with Crippen LogP contribution in [0.5, 0.6) is 5.75 Å². The van der Waals surface area contributed by atoms with E-state index in [0.717, 1.165) is 50.4 Å². The second-order valence-electron chi connectivity index (χ2n) is 37.8. The van der Waals surface area contributed by atoms with Gasteiger partial charge in [0.25, 0.3) is 17.4 Å². The van der Waals surface area contributed by atoms with Crippen LogP contribution in [0.2, 0.25) is 32.2 Å². The highest BCUT2D eigenvalue weighted by molar-refractivity contribution is 8.00. The monoisotopic (exact) mass is 1980 g/mol. The number of likely N-dealkylation sites (N-methyl/N-ethyl adjacent to an activating group) is 1. The number of carboxylic acids is 1. The van der Waals surface area contributed by atoms with Crippen molar-refractivity contribution in [1.29, 1.82) is 0 Å². The molecule has 1 saturated carbocycles. The number of rotatable bonds is 55. The number of aliphatic hydroxyl groups is 3. The summed E-state index contributed by atoms with van der Waals surface area (Å²) in [5.41, 5.74) is 6.24. The molecule has 3 amide bonds. The first kappa shape index (κ1) is 105. The zero-order valence-electron chi connectivity index (χ0n) is 81.0. The van der Waals surface area contributed by atoms with Crippen molar-refractivity contribution in [3.8, 4) is 5.75 Å². The molecule has 6 aliphatic rings. The van der Waals surface area contributed by atoms with E-state index in [9.17, 15) is 39.6 Å². The molecule has 1 unspecified atom stereocenters. The molecule has 5 aromatic heterocycles. The number of esters is 1. The molecule has 10 heterocycles. The van der Waals surface area contributed by atoms with Gasteiger partial charge in [-0.15, -0.1) is 5.10 Å². The number of nitrogens with one attached hydrogen (secondary N) is 6. The van der Waals surface area contributed by atoms with Crippen molar-refractivity contribution in [1.82, 2.24) is 75.6 Å². The first-order valence-corrected chi connectivity index (χ1v) is 55.3. The first-order chi connectivity index (χ1) is 67.0. The smallest absolute Gasteiger partial charge is 0.326 e. The van der Waals surface area contributed by atoms with Gasteiger partial charge in [-0.25, -0.2) is 29.4 Å². The van der Waals surface area contributed by atoms with E-state index in [1.807, 2.05) is 56.3 Å². The number of piperidine rings is 1. The van der Waals surface area contributed by atoms with Crippen molar-refractivity contribution in [2.45, 2.75) is 182 Å². The maximum absolute atomic E-state index is 15.7. The van der Waals surface area contributed by atoms with Crippen LogP contribution in [0.15, 0.2) is 108 Å². The van der Waals surface area contributed by atoms with E-state index in [1.165, 1.54) is 25.4 Å². The normalized spacial score (nSPS) is 22.9. The molecule has 40 nitrogen and oxygen atoms in total. The highest BCUT2D eigenvalue weighted by atomic mass is 32.2. The number of carbonyl (C=O) groups is 5. The third-order valence-corrected chi connectivity index (χ3v) is 37.1. The number of methoxy groups -OCH3 is 2. The van der Waals surface area contributed by atoms with E-state index in [0.29, 0.717) is 223 Å². The number of aliphatic hydroxyl groups excluding tert-OH is 1. The number of amides is 3. The zero-order chi connectivity index (χ0) is 98.5. The van der Waals surface area contributed by atoms with Crippen LogP contribution in [-0.2, 0) is 114 Å².